The van der Waals surface area contributed by atoms with Gasteiger partial charge in [-0.15, -0.1) is 0 Å². The molecule has 1 amide bonds. The van der Waals surface area contributed by atoms with Crippen LogP contribution in [0.5, 0.6) is 11.5 Å². The molecule has 1 aliphatic rings. The van der Waals surface area contributed by atoms with Crippen LogP contribution in [0, 0.1) is 5.82 Å². The first-order chi connectivity index (χ1) is 16.4. The van der Waals surface area contributed by atoms with Gasteiger partial charge in [-0.1, -0.05) is 35.9 Å². The molecule has 1 aromatic heterocycles. The molecule has 34 heavy (non-hydrogen) atoms. The largest absolute Gasteiger partial charge is 0.504 e. The molecule has 2 heterocycles. The summed E-state index contributed by atoms with van der Waals surface area (Å²) in [7, 11) is 0. The van der Waals surface area contributed by atoms with Crippen LogP contribution in [0.2, 0.25) is 5.02 Å². The summed E-state index contributed by atoms with van der Waals surface area (Å²) in [5.74, 6) is -1.03. The Hall–Kier alpha value is -3.84. The fraction of sp³-hybridized carbons (Fsp3) is 0.154. The minimum absolute atomic E-state index is 0.0416. The minimum Gasteiger partial charge on any atom is -0.504 e. The number of phenols is 1. The van der Waals surface area contributed by atoms with E-state index in [2.05, 4.69) is 0 Å². The highest BCUT2D eigenvalue weighted by Gasteiger charge is 2.43. The number of hydrogen-bond acceptors (Lipinski definition) is 5. The molecule has 0 unspecified atom stereocenters. The van der Waals surface area contributed by atoms with E-state index >= 15 is 0 Å². The molecule has 4 aromatic rings. The summed E-state index contributed by atoms with van der Waals surface area (Å²) in [6, 6.07) is 14.5. The van der Waals surface area contributed by atoms with Crippen LogP contribution in [0.15, 0.2) is 69.9 Å². The number of fused-ring (bicyclic) bond motifs is 2. The molecule has 3 aromatic carbocycles. The van der Waals surface area contributed by atoms with Gasteiger partial charge in [0.2, 0.25) is 5.76 Å². The molecule has 0 saturated heterocycles. The van der Waals surface area contributed by atoms with Gasteiger partial charge in [0.05, 0.1) is 23.6 Å². The van der Waals surface area contributed by atoms with E-state index in [1.54, 1.807) is 43.3 Å². The number of rotatable bonds is 5. The maximum atomic E-state index is 13.9. The highest BCUT2D eigenvalue weighted by molar-refractivity contribution is 6.31. The average molecular weight is 480 g/mol. The molecule has 1 atom stereocenters. The van der Waals surface area contributed by atoms with Gasteiger partial charge in [-0.3, -0.25) is 9.59 Å². The lowest BCUT2D eigenvalue weighted by Crippen LogP contribution is -2.29. The number of ether oxygens (including phenoxy) is 1. The summed E-state index contributed by atoms with van der Waals surface area (Å²) in [5, 5.41) is 10.7. The fourth-order valence-corrected chi connectivity index (χ4v) is 4.48. The monoisotopic (exact) mass is 479 g/mol. The SMILES string of the molecule is CCOc1cc([C@H]2c3c(oc4ccc(F)cc4c3=O)C(=O)N2Cc2ccccc2Cl)ccc1O. The van der Waals surface area contributed by atoms with E-state index in [1.807, 2.05) is 0 Å². The molecule has 0 radical (unpaired) electrons. The summed E-state index contributed by atoms with van der Waals surface area (Å²) in [5.41, 5.74) is 0.938. The smallest absolute Gasteiger partial charge is 0.291 e. The standard InChI is InChI=1S/C26H19ClFNO5/c1-2-33-21-11-14(7-9-19(21)30)23-22-24(31)17-12-16(28)8-10-20(17)34-25(22)26(32)29(23)13-15-5-3-4-6-18(15)27/h3-12,23,30H,2,13H2,1H3/t23-/m0/s1. The van der Waals surface area contributed by atoms with Crippen molar-refractivity contribution in [2.45, 2.75) is 19.5 Å². The van der Waals surface area contributed by atoms with E-state index in [0.29, 0.717) is 22.8 Å². The third-order valence-electron chi connectivity index (χ3n) is 5.83. The van der Waals surface area contributed by atoms with Crippen LogP contribution in [0.3, 0.4) is 0 Å². The van der Waals surface area contributed by atoms with Crippen LogP contribution < -0.4 is 10.2 Å². The van der Waals surface area contributed by atoms with Crippen LogP contribution in [0.4, 0.5) is 4.39 Å². The summed E-state index contributed by atoms with van der Waals surface area (Å²) in [6.45, 7) is 2.19. The number of hydrogen-bond donors (Lipinski definition) is 1. The number of halogens is 2. The first-order valence-corrected chi connectivity index (χ1v) is 11.0. The van der Waals surface area contributed by atoms with Crippen molar-refractivity contribution in [1.29, 1.82) is 0 Å². The van der Waals surface area contributed by atoms with Gasteiger partial charge in [0.1, 0.15) is 11.4 Å². The summed E-state index contributed by atoms with van der Waals surface area (Å²) < 4.78 is 25.3. The van der Waals surface area contributed by atoms with Gasteiger partial charge in [0.25, 0.3) is 5.91 Å². The van der Waals surface area contributed by atoms with E-state index in [4.69, 9.17) is 20.8 Å². The predicted molar refractivity (Wildman–Crippen MR) is 125 cm³/mol. The van der Waals surface area contributed by atoms with E-state index in [0.717, 1.165) is 6.07 Å². The minimum atomic E-state index is -0.859. The first kappa shape index (κ1) is 22.0. The Morgan fingerprint density at radius 2 is 1.91 bits per heavy atom. The van der Waals surface area contributed by atoms with E-state index in [9.17, 15) is 19.1 Å². The van der Waals surface area contributed by atoms with Gasteiger partial charge >= 0.3 is 0 Å². The molecule has 0 saturated carbocycles. The van der Waals surface area contributed by atoms with E-state index < -0.39 is 23.2 Å². The number of carbonyl (C=O) groups excluding carboxylic acids is 1. The number of nitrogens with zero attached hydrogens (tertiary/aromatic N) is 1. The van der Waals surface area contributed by atoms with Gasteiger partial charge in [-0.05, 0) is 54.4 Å². The zero-order valence-corrected chi connectivity index (χ0v) is 18.8. The molecular formula is C26H19ClFNO5. The van der Waals surface area contributed by atoms with Gasteiger partial charge < -0.3 is 19.2 Å². The van der Waals surface area contributed by atoms with Gasteiger partial charge in [0.15, 0.2) is 16.9 Å². The van der Waals surface area contributed by atoms with Crippen molar-refractivity contribution >= 4 is 28.5 Å². The number of benzene rings is 3. The van der Waals surface area contributed by atoms with Crippen LogP contribution >= 0.6 is 11.6 Å². The Bertz CT molecular complexity index is 1500. The highest BCUT2D eigenvalue weighted by atomic mass is 35.5. The molecular weight excluding hydrogens is 461 g/mol. The lowest BCUT2D eigenvalue weighted by Gasteiger charge is -2.26. The van der Waals surface area contributed by atoms with Gasteiger partial charge in [-0.2, -0.15) is 0 Å². The second-order valence-electron chi connectivity index (χ2n) is 7.90. The molecule has 0 fully saturated rings. The Kier molecular flexibility index (Phi) is 5.49. The molecule has 1 aliphatic heterocycles. The second kappa shape index (κ2) is 8.50. The Morgan fingerprint density at radius 1 is 1.12 bits per heavy atom. The van der Waals surface area contributed by atoms with Crippen molar-refractivity contribution in [1.82, 2.24) is 4.90 Å². The zero-order chi connectivity index (χ0) is 24.0. The van der Waals surface area contributed by atoms with Crippen molar-refractivity contribution in [3.63, 3.8) is 0 Å². The molecule has 1 N–H and O–H groups in total. The molecule has 5 rings (SSSR count). The number of carbonyl (C=O) groups is 1. The summed E-state index contributed by atoms with van der Waals surface area (Å²) in [4.78, 5) is 28.5. The van der Waals surface area contributed by atoms with Crippen molar-refractivity contribution in [3.8, 4) is 11.5 Å². The molecule has 0 spiro atoms. The molecule has 0 bridgehead atoms. The number of aromatic hydroxyl groups is 1. The fourth-order valence-electron chi connectivity index (χ4n) is 4.28. The highest BCUT2D eigenvalue weighted by Crippen LogP contribution is 2.42. The van der Waals surface area contributed by atoms with Crippen molar-refractivity contribution in [2.75, 3.05) is 6.61 Å². The summed E-state index contributed by atoms with van der Waals surface area (Å²) in [6.07, 6.45) is 0. The van der Waals surface area contributed by atoms with Gasteiger partial charge in [0, 0.05) is 11.6 Å². The molecule has 8 heteroatoms. The topological polar surface area (TPSA) is 80.0 Å². The Labute approximate surface area is 198 Å². The van der Waals surface area contributed by atoms with Gasteiger partial charge in [-0.25, -0.2) is 4.39 Å². The second-order valence-corrected chi connectivity index (χ2v) is 8.31. The molecule has 6 nitrogen and oxygen atoms in total. The Balaban J connectivity index is 1.74. The predicted octanol–water partition coefficient (Wildman–Crippen LogP) is 5.44. The van der Waals surface area contributed by atoms with Crippen LogP contribution in [-0.4, -0.2) is 22.5 Å². The molecule has 172 valence electrons. The quantitative estimate of drug-likeness (QED) is 0.412. The van der Waals surface area contributed by atoms with Crippen molar-refractivity contribution < 1.29 is 23.4 Å². The third kappa shape index (κ3) is 3.58. The average Bonchev–Trinajstić information content (AvgIpc) is 3.09. The van der Waals surface area contributed by atoms with Crippen LogP contribution in [-0.2, 0) is 6.54 Å². The normalized spacial score (nSPS) is 15.1. The number of amides is 1. The first-order valence-electron chi connectivity index (χ1n) is 10.7. The maximum absolute atomic E-state index is 13.9. The van der Waals surface area contributed by atoms with E-state index in [1.165, 1.54) is 23.1 Å². The third-order valence-corrected chi connectivity index (χ3v) is 6.19. The molecule has 0 aliphatic carbocycles. The zero-order valence-electron chi connectivity index (χ0n) is 18.0. The lowest BCUT2D eigenvalue weighted by atomic mass is 9.97. The summed E-state index contributed by atoms with van der Waals surface area (Å²) >= 11 is 6.36. The maximum Gasteiger partial charge on any atom is 0.291 e. The Morgan fingerprint density at radius 3 is 2.68 bits per heavy atom. The van der Waals surface area contributed by atoms with Crippen LogP contribution in [0.25, 0.3) is 11.0 Å². The number of phenolic OH excluding ortho intramolecular Hbond substituents is 1. The van der Waals surface area contributed by atoms with Crippen molar-refractivity contribution in [3.05, 3.63) is 104 Å². The lowest BCUT2D eigenvalue weighted by molar-refractivity contribution is 0.0714. The van der Waals surface area contributed by atoms with Crippen LogP contribution in [0.1, 0.15) is 40.2 Å². The van der Waals surface area contributed by atoms with Crippen molar-refractivity contribution in [2.24, 2.45) is 0 Å². The van der Waals surface area contributed by atoms with E-state index in [-0.39, 0.29) is 40.3 Å².